The molecule has 0 aromatic heterocycles. The van der Waals surface area contributed by atoms with Gasteiger partial charge in [-0.1, -0.05) is 19.1 Å². The van der Waals surface area contributed by atoms with Crippen molar-refractivity contribution in [2.24, 2.45) is 0 Å². The second kappa shape index (κ2) is 12.3. The minimum atomic E-state index is -0.619. The van der Waals surface area contributed by atoms with E-state index in [1.165, 1.54) is 5.56 Å². The summed E-state index contributed by atoms with van der Waals surface area (Å²) < 4.78 is 11.0. The Kier molecular flexibility index (Phi) is 10.6. The first kappa shape index (κ1) is 19.9. The zero-order valence-electron chi connectivity index (χ0n) is 13.9. The summed E-state index contributed by atoms with van der Waals surface area (Å²) in [6.45, 7) is 4.70. The predicted octanol–water partition coefficient (Wildman–Crippen LogP) is -1.13. The Labute approximate surface area is 138 Å². The molecule has 6 heteroatoms. The van der Waals surface area contributed by atoms with Crippen LogP contribution in [0.3, 0.4) is 0 Å². The highest BCUT2D eigenvalue weighted by Gasteiger charge is 2.14. The summed E-state index contributed by atoms with van der Waals surface area (Å²) in [5.41, 5.74) is 1.27. The number of rotatable bonds is 13. The van der Waals surface area contributed by atoms with Crippen LogP contribution in [0.4, 0.5) is 0 Å². The number of aryl methyl sites for hydroxylation is 1. The number of ether oxygens (including phenoxy) is 2. The lowest BCUT2D eigenvalue weighted by atomic mass is 10.2. The monoisotopic (exact) mass is 328 g/mol. The third-order valence-electron chi connectivity index (χ3n) is 3.59. The van der Waals surface area contributed by atoms with E-state index in [2.05, 4.69) is 6.92 Å². The molecule has 6 nitrogen and oxygen atoms in total. The summed E-state index contributed by atoms with van der Waals surface area (Å²) in [5.74, 6) is 0.813. The second-order valence-electron chi connectivity index (χ2n) is 5.48. The van der Waals surface area contributed by atoms with Gasteiger partial charge in [0, 0.05) is 0 Å². The van der Waals surface area contributed by atoms with E-state index >= 15 is 0 Å². The molecule has 0 saturated carbocycles. The van der Waals surface area contributed by atoms with Crippen molar-refractivity contribution >= 4 is 0 Å². The standard InChI is InChI=1S/C17H29NO5/c1-2-15-3-5-17(6-4-15)23-12-11-22-14-16(21)13-18(7-9-19)8-10-20/h3-6,16,19-21H,2,7-14H2,1H3/p+1/t16-/m0/s1. The number of benzene rings is 1. The Morgan fingerprint density at radius 2 is 1.70 bits per heavy atom. The van der Waals surface area contributed by atoms with Crippen molar-refractivity contribution in [2.75, 3.05) is 52.7 Å². The molecule has 1 rings (SSSR count). The zero-order chi connectivity index (χ0) is 16.9. The van der Waals surface area contributed by atoms with E-state index in [-0.39, 0.29) is 19.8 Å². The molecule has 0 aliphatic heterocycles. The zero-order valence-corrected chi connectivity index (χ0v) is 13.9. The van der Waals surface area contributed by atoms with Gasteiger partial charge in [0.15, 0.2) is 0 Å². The molecule has 0 radical (unpaired) electrons. The van der Waals surface area contributed by atoms with Crippen LogP contribution in [0.1, 0.15) is 12.5 Å². The molecule has 0 aliphatic rings. The Hall–Kier alpha value is -1.18. The summed E-state index contributed by atoms with van der Waals surface area (Å²) in [6.07, 6.45) is 0.388. The molecule has 0 fully saturated rings. The molecule has 1 aromatic rings. The van der Waals surface area contributed by atoms with E-state index in [4.69, 9.17) is 19.7 Å². The Bertz CT molecular complexity index is 392. The molecule has 0 heterocycles. The van der Waals surface area contributed by atoms with Gasteiger partial charge in [0.25, 0.3) is 0 Å². The summed E-state index contributed by atoms with van der Waals surface area (Å²) in [7, 11) is 0. The van der Waals surface area contributed by atoms with Gasteiger partial charge >= 0.3 is 0 Å². The number of aliphatic hydroxyl groups excluding tert-OH is 3. The lowest BCUT2D eigenvalue weighted by molar-refractivity contribution is -0.903. The first-order valence-corrected chi connectivity index (χ1v) is 8.22. The van der Waals surface area contributed by atoms with Gasteiger partial charge in [-0.3, -0.25) is 0 Å². The molecule has 23 heavy (non-hydrogen) atoms. The molecule has 1 aromatic carbocycles. The maximum atomic E-state index is 9.90. The van der Waals surface area contributed by atoms with Crippen molar-refractivity contribution in [2.45, 2.75) is 19.4 Å². The maximum Gasteiger partial charge on any atom is 0.126 e. The molecule has 0 amide bonds. The average molecular weight is 328 g/mol. The molecule has 1 atom stereocenters. The van der Waals surface area contributed by atoms with Gasteiger partial charge in [-0.15, -0.1) is 0 Å². The highest BCUT2D eigenvalue weighted by Crippen LogP contribution is 2.12. The fraction of sp³-hybridized carbons (Fsp3) is 0.647. The topological polar surface area (TPSA) is 83.6 Å². The first-order valence-electron chi connectivity index (χ1n) is 8.22. The lowest BCUT2D eigenvalue weighted by Crippen LogP contribution is -3.14. The Morgan fingerprint density at radius 1 is 1.04 bits per heavy atom. The molecule has 4 N–H and O–H groups in total. The van der Waals surface area contributed by atoms with Crippen LogP contribution in [0.15, 0.2) is 24.3 Å². The average Bonchev–Trinajstić information content (AvgIpc) is 2.55. The van der Waals surface area contributed by atoms with E-state index < -0.39 is 6.10 Å². The van der Waals surface area contributed by atoms with E-state index in [1.54, 1.807) is 0 Å². The smallest absolute Gasteiger partial charge is 0.126 e. The van der Waals surface area contributed by atoms with Gasteiger partial charge < -0.3 is 29.7 Å². The van der Waals surface area contributed by atoms with Crippen molar-refractivity contribution in [1.82, 2.24) is 0 Å². The Morgan fingerprint density at radius 3 is 2.26 bits per heavy atom. The van der Waals surface area contributed by atoms with Gasteiger partial charge in [-0.2, -0.15) is 0 Å². The number of hydrogen-bond donors (Lipinski definition) is 4. The minimum Gasteiger partial charge on any atom is -0.491 e. The number of aliphatic hydroxyl groups is 3. The van der Waals surface area contributed by atoms with Crippen LogP contribution < -0.4 is 9.64 Å². The number of quaternary nitrogens is 1. The molecule has 0 spiro atoms. The second-order valence-corrected chi connectivity index (χ2v) is 5.48. The van der Waals surface area contributed by atoms with Gasteiger partial charge in [0.1, 0.15) is 38.1 Å². The predicted molar refractivity (Wildman–Crippen MR) is 87.9 cm³/mol. The molecular formula is C17H30NO5+. The molecule has 0 unspecified atom stereocenters. The quantitative estimate of drug-likeness (QED) is 0.345. The molecule has 0 saturated heterocycles. The lowest BCUT2D eigenvalue weighted by Gasteiger charge is -2.20. The summed E-state index contributed by atoms with van der Waals surface area (Å²) >= 11 is 0. The van der Waals surface area contributed by atoms with Crippen LogP contribution in [0, 0.1) is 0 Å². The van der Waals surface area contributed by atoms with Crippen LogP contribution in [0.25, 0.3) is 0 Å². The van der Waals surface area contributed by atoms with E-state index in [0.29, 0.717) is 32.8 Å². The maximum absolute atomic E-state index is 9.90. The largest absolute Gasteiger partial charge is 0.491 e. The van der Waals surface area contributed by atoms with Crippen LogP contribution >= 0.6 is 0 Å². The third kappa shape index (κ3) is 8.88. The highest BCUT2D eigenvalue weighted by atomic mass is 16.5. The molecule has 0 aliphatic carbocycles. The van der Waals surface area contributed by atoms with Crippen molar-refractivity contribution in [3.8, 4) is 5.75 Å². The highest BCUT2D eigenvalue weighted by molar-refractivity contribution is 5.27. The van der Waals surface area contributed by atoms with Crippen molar-refractivity contribution < 1.29 is 29.7 Å². The third-order valence-corrected chi connectivity index (χ3v) is 3.59. The minimum absolute atomic E-state index is 0.0353. The van der Waals surface area contributed by atoms with Crippen LogP contribution in [-0.4, -0.2) is 74.1 Å². The van der Waals surface area contributed by atoms with Gasteiger partial charge in [0.05, 0.1) is 26.4 Å². The van der Waals surface area contributed by atoms with Gasteiger partial charge in [0.2, 0.25) is 0 Å². The normalized spacial score (nSPS) is 12.6. The van der Waals surface area contributed by atoms with Gasteiger partial charge in [-0.25, -0.2) is 0 Å². The fourth-order valence-electron chi connectivity index (χ4n) is 2.30. The number of hydrogen-bond acceptors (Lipinski definition) is 5. The van der Waals surface area contributed by atoms with Crippen LogP contribution in [0.5, 0.6) is 5.75 Å². The Balaban J connectivity index is 2.13. The van der Waals surface area contributed by atoms with Gasteiger partial charge in [-0.05, 0) is 24.1 Å². The van der Waals surface area contributed by atoms with Crippen molar-refractivity contribution in [3.63, 3.8) is 0 Å². The molecular weight excluding hydrogens is 298 g/mol. The van der Waals surface area contributed by atoms with Crippen molar-refractivity contribution in [3.05, 3.63) is 29.8 Å². The fourth-order valence-corrected chi connectivity index (χ4v) is 2.30. The van der Waals surface area contributed by atoms with E-state index in [1.807, 2.05) is 24.3 Å². The van der Waals surface area contributed by atoms with E-state index in [0.717, 1.165) is 17.1 Å². The molecule has 132 valence electrons. The molecule has 0 bridgehead atoms. The number of nitrogens with one attached hydrogen (secondary N) is 1. The SMILES string of the molecule is CCc1ccc(OCCOC[C@@H](O)C[NH+](CCO)CCO)cc1. The van der Waals surface area contributed by atoms with E-state index in [9.17, 15) is 5.11 Å². The summed E-state index contributed by atoms with van der Waals surface area (Å²) in [5, 5.41) is 27.8. The van der Waals surface area contributed by atoms with Crippen molar-refractivity contribution in [1.29, 1.82) is 0 Å². The summed E-state index contributed by atoms with van der Waals surface area (Å²) in [6, 6.07) is 7.97. The summed E-state index contributed by atoms with van der Waals surface area (Å²) in [4.78, 5) is 0.957. The van der Waals surface area contributed by atoms with Crippen LogP contribution in [-0.2, 0) is 11.2 Å². The van der Waals surface area contributed by atoms with Crippen LogP contribution in [0.2, 0.25) is 0 Å². The first-order chi connectivity index (χ1) is 11.2.